The molecule has 2 aliphatic rings. The number of ketones is 1. The van der Waals surface area contributed by atoms with Gasteiger partial charge in [0.1, 0.15) is 0 Å². The van der Waals surface area contributed by atoms with Crippen LogP contribution in [0.15, 0.2) is 24.3 Å². The molecule has 114 valence electrons. The number of sulfone groups is 1. The average Bonchev–Trinajstić information content (AvgIpc) is 2.45. The number of carbonyl (C=O) groups is 1. The molecular weight excluding hydrogens is 284 g/mol. The van der Waals surface area contributed by atoms with E-state index in [1.165, 1.54) is 0 Å². The number of benzene rings is 1. The first kappa shape index (κ1) is 14.8. The van der Waals surface area contributed by atoms with Crippen molar-refractivity contribution >= 4 is 15.6 Å². The molecule has 0 aromatic heterocycles. The fourth-order valence-corrected chi connectivity index (χ4v) is 6.34. The van der Waals surface area contributed by atoms with Crippen LogP contribution < -0.4 is 0 Å². The highest BCUT2D eigenvalue weighted by Gasteiger charge is 2.45. The van der Waals surface area contributed by atoms with E-state index in [9.17, 15) is 13.2 Å². The van der Waals surface area contributed by atoms with E-state index in [1.807, 2.05) is 24.3 Å². The highest BCUT2D eigenvalue weighted by molar-refractivity contribution is 7.92. The Balaban J connectivity index is 1.83. The van der Waals surface area contributed by atoms with Crippen molar-refractivity contribution in [2.24, 2.45) is 5.92 Å². The first-order valence-electron chi connectivity index (χ1n) is 7.88. The van der Waals surface area contributed by atoms with Crippen LogP contribution in [0.4, 0.5) is 0 Å². The van der Waals surface area contributed by atoms with Gasteiger partial charge in [0, 0.05) is 11.5 Å². The first-order valence-corrected chi connectivity index (χ1v) is 9.49. The van der Waals surface area contributed by atoms with E-state index in [0.717, 1.165) is 36.8 Å². The van der Waals surface area contributed by atoms with E-state index >= 15 is 0 Å². The first-order chi connectivity index (χ1) is 10.0. The van der Waals surface area contributed by atoms with E-state index < -0.39 is 9.84 Å². The standard InChI is InChI=1S/C17H22O3S/c1-2-12-5-3-6-13(9-12)17(18)14-10-15-7-4-8-16(11-14)21(15,19)20/h3,5-6,9,14-16H,2,4,7-8,10-11H2,1H3. The fourth-order valence-electron chi connectivity index (χ4n) is 3.80. The molecule has 2 fully saturated rings. The molecule has 2 heterocycles. The van der Waals surface area contributed by atoms with E-state index in [0.29, 0.717) is 12.8 Å². The van der Waals surface area contributed by atoms with Gasteiger partial charge in [0.2, 0.25) is 0 Å². The van der Waals surface area contributed by atoms with Gasteiger partial charge >= 0.3 is 0 Å². The van der Waals surface area contributed by atoms with E-state index in [1.54, 1.807) is 0 Å². The van der Waals surface area contributed by atoms with Gasteiger partial charge in [-0.2, -0.15) is 0 Å². The molecule has 0 spiro atoms. The molecular formula is C17H22O3S. The third-order valence-corrected chi connectivity index (χ3v) is 7.78. The Kier molecular flexibility index (Phi) is 3.91. The molecule has 0 radical (unpaired) electrons. The van der Waals surface area contributed by atoms with Crippen LogP contribution in [-0.4, -0.2) is 24.7 Å². The number of hydrogen-bond acceptors (Lipinski definition) is 3. The van der Waals surface area contributed by atoms with Crippen molar-refractivity contribution in [2.45, 2.75) is 55.9 Å². The number of rotatable bonds is 3. The maximum atomic E-state index is 12.7. The minimum absolute atomic E-state index is 0.115. The highest BCUT2D eigenvalue weighted by atomic mass is 32.2. The molecule has 0 saturated carbocycles. The zero-order valence-electron chi connectivity index (χ0n) is 12.4. The lowest BCUT2D eigenvalue weighted by atomic mass is 9.84. The molecule has 0 N–H and O–H groups in total. The second kappa shape index (κ2) is 5.56. The molecule has 2 atom stereocenters. The fraction of sp³-hybridized carbons (Fsp3) is 0.588. The topological polar surface area (TPSA) is 51.2 Å². The van der Waals surface area contributed by atoms with Crippen LogP contribution in [0.5, 0.6) is 0 Å². The number of aryl methyl sites for hydroxylation is 1. The maximum Gasteiger partial charge on any atom is 0.166 e. The number of carbonyl (C=O) groups excluding carboxylic acids is 1. The van der Waals surface area contributed by atoms with Gasteiger partial charge in [-0.05, 0) is 43.7 Å². The van der Waals surface area contributed by atoms with Crippen LogP contribution >= 0.6 is 0 Å². The monoisotopic (exact) mass is 306 g/mol. The smallest absolute Gasteiger partial charge is 0.166 e. The second-order valence-electron chi connectivity index (χ2n) is 6.35. The van der Waals surface area contributed by atoms with Crippen molar-refractivity contribution in [2.75, 3.05) is 0 Å². The summed E-state index contributed by atoms with van der Waals surface area (Å²) in [5.74, 6) is 0.0213. The second-order valence-corrected chi connectivity index (χ2v) is 8.86. The average molecular weight is 306 g/mol. The molecule has 1 aromatic carbocycles. The lowest BCUT2D eigenvalue weighted by Crippen LogP contribution is -2.45. The summed E-state index contributed by atoms with van der Waals surface area (Å²) in [5, 5.41) is -0.568. The molecule has 1 aromatic rings. The van der Waals surface area contributed by atoms with E-state index in [-0.39, 0.29) is 22.2 Å². The van der Waals surface area contributed by atoms with Crippen molar-refractivity contribution in [1.82, 2.24) is 0 Å². The van der Waals surface area contributed by atoms with Crippen LogP contribution in [-0.2, 0) is 16.3 Å². The zero-order chi connectivity index (χ0) is 15.0. The van der Waals surface area contributed by atoms with E-state index in [4.69, 9.17) is 0 Å². The lowest BCUT2D eigenvalue weighted by Gasteiger charge is -2.38. The van der Waals surface area contributed by atoms with Gasteiger partial charge in [-0.3, -0.25) is 4.79 Å². The Morgan fingerprint density at radius 1 is 1.19 bits per heavy atom. The van der Waals surface area contributed by atoms with Crippen LogP contribution in [0.1, 0.15) is 54.9 Å². The Hall–Kier alpha value is -1.16. The summed E-state index contributed by atoms with van der Waals surface area (Å²) in [5.41, 5.74) is 1.90. The molecule has 3 rings (SSSR count). The number of fused-ring (bicyclic) bond motifs is 2. The molecule has 0 aliphatic carbocycles. The summed E-state index contributed by atoms with van der Waals surface area (Å²) in [4.78, 5) is 12.7. The normalized spacial score (nSPS) is 30.8. The minimum Gasteiger partial charge on any atom is -0.294 e. The third kappa shape index (κ3) is 2.66. The summed E-state index contributed by atoms with van der Waals surface area (Å²) in [7, 11) is -2.98. The molecule has 0 amide bonds. The molecule has 4 heteroatoms. The summed E-state index contributed by atoms with van der Waals surface area (Å²) >= 11 is 0. The summed E-state index contributed by atoms with van der Waals surface area (Å²) < 4.78 is 24.6. The van der Waals surface area contributed by atoms with Crippen molar-refractivity contribution < 1.29 is 13.2 Å². The van der Waals surface area contributed by atoms with Crippen LogP contribution in [0.25, 0.3) is 0 Å². The van der Waals surface area contributed by atoms with Gasteiger partial charge in [-0.15, -0.1) is 0 Å². The predicted octanol–water partition coefficient (Wildman–Crippen LogP) is 3.18. The Bertz CT molecular complexity index is 628. The van der Waals surface area contributed by atoms with Gasteiger partial charge < -0.3 is 0 Å². The van der Waals surface area contributed by atoms with Gasteiger partial charge in [-0.25, -0.2) is 8.42 Å². The molecule has 3 nitrogen and oxygen atoms in total. The SMILES string of the molecule is CCc1cccc(C(=O)C2CC3CCCC(C2)S3(=O)=O)c1. The quantitative estimate of drug-likeness (QED) is 0.806. The third-order valence-electron chi connectivity index (χ3n) is 5.07. The Labute approximate surface area is 126 Å². The van der Waals surface area contributed by atoms with Gasteiger partial charge in [0.05, 0.1) is 10.5 Å². The lowest BCUT2D eigenvalue weighted by molar-refractivity contribution is 0.0894. The molecule has 21 heavy (non-hydrogen) atoms. The van der Waals surface area contributed by atoms with E-state index in [2.05, 4.69) is 6.92 Å². The minimum atomic E-state index is -2.98. The molecule has 2 unspecified atom stereocenters. The summed E-state index contributed by atoms with van der Waals surface area (Å²) in [6, 6.07) is 7.77. The zero-order valence-corrected chi connectivity index (χ0v) is 13.2. The van der Waals surface area contributed by atoms with Gasteiger partial charge in [0.25, 0.3) is 0 Å². The van der Waals surface area contributed by atoms with Gasteiger partial charge in [0.15, 0.2) is 15.6 Å². The number of hydrogen-bond donors (Lipinski definition) is 0. The van der Waals surface area contributed by atoms with Crippen molar-refractivity contribution in [1.29, 1.82) is 0 Å². The van der Waals surface area contributed by atoms with Crippen molar-refractivity contribution in [3.05, 3.63) is 35.4 Å². The van der Waals surface area contributed by atoms with Crippen LogP contribution in [0, 0.1) is 5.92 Å². The van der Waals surface area contributed by atoms with Crippen molar-refractivity contribution in [3.8, 4) is 0 Å². The molecule has 2 aliphatic heterocycles. The van der Waals surface area contributed by atoms with Crippen LogP contribution in [0.3, 0.4) is 0 Å². The van der Waals surface area contributed by atoms with Crippen LogP contribution in [0.2, 0.25) is 0 Å². The summed E-state index contributed by atoms with van der Waals surface area (Å²) in [6.45, 7) is 2.07. The molecule has 2 bridgehead atoms. The predicted molar refractivity (Wildman–Crippen MR) is 83.2 cm³/mol. The maximum absolute atomic E-state index is 12.7. The molecule has 2 saturated heterocycles. The largest absolute Gasteiger partial charge is 0.294 e. The number of Topliss-reactive ketones (excluding diaryl/α,β-unsaturated/α-hetero) is 1. The van der Waals surface area contributed by atoms with Crippen molar-refractivity contribution in [3.63, 3.8) is 0 Å². The Morgan fingerprint density at radius 2 is 1.86 bits per heavy atom. The van der Waals surface area contributed by atoms with Gasteiger partial charge in [-0.1, -0.05) is 31.5 Å². The highest BCUT2D eigenvalue weighted by Crippen LogP contribution is 2.40. The summed E-state index contributed by atoms with van der Waals surface area (Å²) in [6.07, 6.45) is 4.41. The Morgan fingerprint density at radius 3 is 2.48 bits per heavy atom.